The first-order valence-corrected chi connectivity index (χ1v) is 11.3. The van der Waals surface area contributed by atoms with E-state index in [9.17, 15) is 13.2 Å². The molecule has 0 aromatic heterocycles. The van der Waals surface area contributed by atoms with Gasteiger partial charge in [-0.1, -0.05) is 48.5 Å². The fraction of sp³-hybridized carbons (Fsp3) is 0.208. The number of methoxy groups -OCH3 is 1. The summed E-state index contributed by atoms with van der Waals surface area (Å²) in [4.78, 5) is 15.1. The van der Waals surface area contributed by atoms with Crippen molar-refractivity contribution >= 4 is 21.6 Å². The quantitative estimate of drug-likeness (QED) is 0.536. The van der Waals surface area contributed by atoms with Crippen LogP contribution in [0.1, 0.15) is 15.9 Å². The number of carbonyl (C=O) groups is 1. The third-order valence-electron chi connectivity index (χ3n) is 4.95. The van der Waals surface area contributed by atoms with E-state index in [0.717, 1.165) is 15.6 Å². The topological polar surface area (TPSA) is 66.9 Å². The molecule has 1 amide bonds. The number of hydrogen-bond acceptors (Lipinski definition) is 4. The smallest absolute Gasteiger partial charge is 0.258 e. The second-order valence-electron chi connectivity index (χ2n) is 7.18. The molecule has 162 valence electrons. The molecule has 3 aromatic rings. The first kappa shape index (κ1) is 22.5. The van der Waals surface area contributed by atoms with Crippen LogP contribution in [0.25, 0.3) is 0 Å². The van der Waals surface area contributed by atoms with Crippen LogP contribution in [0.3, 0.4) is 0 Å². The zero-order chi connectivity index (χ0) is 22.4. The minimum atomic E-state index is -3.78. The van der Waals surface area contributed by atoms with Gasteiger partial charge in [0.2, 0.25) is 10.0 Å². The molecule has 0 saturated carbocycles. The Balaban J connectivity index is 1.99. The predicted octanol–water partition coefficient (Wildman–Crippen LogP) is 3.84. The van der Waals surface area contributed by atoms with Crippen molar-refractivity contribution < 1.29 is 17.9 Å². The van der Waals surface area contributed by atoms with Crippen LogP contribution in [0.2, 0.25) is 0 Å². The van der Waals surface area contributed by atoms with Crippen molar-refractivity contribution in [3.8, 4) is 5.75 Å². The van der Waals surface area contributed by atoms with Gasteiger partial charge in [0.1, 0.15) is 10.6 Å². The molecule has 0 saturated heterocycles. The molecule has 3 aromatic carbocycles. The largest absolute Gasteiger partial charge is 0.495 e. The Morgan fingerprint density at radius 2 is 1.52 bits per heavy atom. The van der Waals surface area contributed by atoms with E-state index in [4.69, 9.17) is 4.74 Å². The molecule has 6 nitrogen and oxygen atoms in total. The molecule has 0 N–H and O–H groups in total. The lowest BCUT2D eigenvalue weighted by atomic mass is 10.1. The number of carbonyl (C=O) groups excluding carboxylic acids is 1. The molecule has 0 bridgehead atoms. The van der Waals surface area contributed by atoms with Gasteiger partial charge < -0.3 is 9.64 Å². The lowest BCUT2D eigenvalue weighted by molar-refractivity contribution is 0.0987. The first-order chi connectivity index (χ1) is 14.8. The van der Waals surface area contributed by atoms with E-state index in [-0.39, 0.29) is 22.1 Å². The Kier molecular flexibility index (Phi) is 7.09. The van der Waals surface area contributed by atoms with Gasteiger partial charge in [0.05, 0.1) is 7.11 Å². The minimum absolute atomic E-state index is 0.0399. The lowest BCUT2D eigenvalue weighted by Crippen LogP contribution is -2.33. The van der Waals surface area contributed by atoms with Crippen LogP contribution < -0.4 is 9.64 Å². The van der Waals surface area contributed by atoms with Crippen molar-refractivity contribution in [2.75, 3.05) is 32.6 Å². The predicted molar refractivity (Wildman–Crippen MR) is 122 cm³/mol. The van der Waals surface area contributed by atoms with Crippen molar-refractivity contribution in [2.45, 2.75) is 11.3 Å². The summed E-state index contributed by atoms with van der Waals surface area (Å²) < 4.78 is 31.9. The standard InChI is InChI=1S/C24H26N2O4S/c1-25(2)31(28,29)23-18-20(14-15-22(23)30-3)24(27)26(21-12-8-5-9-13-21)17-16-19-10-6-4-7-11-19/h4-15,18H,16-17H2,1-3H3. The highest BCUT2D eigenvalue weighted by Crippen LogP contribution is 2.28. The maximum Gasteiger partial charge on any atom is 0.258 e. The number of sulfonamides is 1. The highest BCUT2D eigenvalue weighted by molar-refractivity contribution is 7.89. The fourth-order valence-corrected chi connectivity index (χ4v) is 4.28. The SMILES string of the molecule is COc1ccc(C(=O)N(CCc2ccccc2)c2ccccc2)cc1S(=O)(=O)N(C)C. The van der Waals surface area contributed by atoms with Crippen molar-refractivity contribution in [2.24, 2.45) is 0 Å². The van der Waals surface area contributed by atoms with Gasteiger partial charge in [-0.15, -0.1) is 0 Å². The third-order valence-corrected chi connectivity index (χ3v) is 6.79. The lowest BCUT2D eigenvalue weighted by Gasteiger charge is -2.24. The van der Waals surface area contributed by atoms with E-state index in [1.807, 2.05) is 60.7 Å². The Labute approximate surface area is 183 Å². The Morgan fingerprint density at radius 1 is 0.903 bits per heavy atom. The average molecular weight is 439 g/mol. The van der Waals surface area contributed by atoms with Crippen LogP contribution in [0.4, 0.5) is 5.69 Å². The highest BCUT2D eigenvalue weighted by Gasteiger charge is 2.26. The van der Waals surface area contributed by atoms with Crippen LogP contribution in [0.15, 0.2) is 83.8 Å². The molecule has 7 heteroatoms. The third kappa shape index (κ3) is 5.13. The van der Waals surface area contributed by atoms with Gasteiger partial charge in [0.25, 0.3) is 5.91 Å². The average Bonchev–Trinajstić information content (AvgIpc) is 2.80. The molecular formula is C24H26N2O4S. The number of nitrogens with zero attached hydrogens (tertiary/aromatic N) is 2. The summed E-state index contributed by atoms with van der Waals surface area (Å²) in [5.74, 6) is -0.0826. The van der Waals surface area contributed by atoms with Crippen molar-refractivity contribution in [3.05, 3.63) is 90.0 Å². The van der Waals surface area contributed by atoms with Gasteiger partial charge in [-0.05, 0) is 42.3 Å². The Hall–Kier alpha value is -3.16. The summed E-state index contributed by atoms with van der Waals surface area (Å²) >= 11 is 0. The van der Waals surface area contributed by atoms with E-state index in [0.29, 0.717) is 13.0 Å². The Bertz CT molecular complexity index is 1130. The number of benzene rings is 3. The zero-order valence-corrected chi connectivity index (χ0v) is 18.7. The number of para-hydroxylation sites is 1. The van der Waals surface area contributed by atoms with E-state index in [1.54, 1.807) is 11.0 Å². The van der Waals surface area contributed by atoms with Gasteiger partial charge in [0, 0.05) is 31.9 Å². The Morgan fingerprint density at radius 3 is 2.10 bits per heavy atom. The number of hydrogen-bond donors (Lipinski definition) is 0. The van der Waals surface area contributed by atoms with Gasteiger partial charge in [-0.2, -0.15) is 0 Å². The molecule has 31 heavy (non-hydrogen) atoms. The number of ether oxygens (including phenoxy) is 1. The van der Waals surface area contributed by atoms with Crippen LogP contribution >= 0.6 is 0 Å². The van der Waals surface area contributed by atoms with Crippen molar-refractivity contribution in [1.82, 2.24) is 4.31 Å². The second kappa shape index (κ2) is 9.76. The molecule has 0 radical (unpaired) electrons. The maximum absolute atomic E-state index is 13.5. The van der Waals surface area contributed by atoms with E-state index in [1.165, 1.54) is 33.3 Å². The maximum atomic E-state index is 13.5. The van der Waals surface area contributed by atoms with E-state index in [2.05, 4.69) is 0 Å². The van der Waals surface area contributed by atoms with Gasteiger partial charge in [-0.25, -0.2) is 12.7 Å². The van der Waals surface area contributed by atoms with Gasteiger partial charge in [-0.3, -0.25) is 4.79 Å². The van der Waals surface area contributed by atoms with Crippen molar-refractivity contribution in [1.29, 1.82) is 0 Å². The molecule has 0 heterocycles. The molecule has 0 atom stereocenters. The number of anilines is 1. The van der Waals surface area contributed by atoms with Crippen LogP contribution in [0, 0.1) is 0 Å². The molecular weight excluding hydrogens is 412 g/mol. The minimum Gasteiger partial charge on any atom is -0.495 e. The molecule has 0 aliphatic rings. The molecule has 0 spiro atoms. The van der Waals surface area contributed by atoms with Crippen molar-refractivity contribution in [3.63, 3.8) is 0 Å². The van der Waals surface area contributed by atoms with Gasteiger partial charge >= 0.3 is 0 Å². The molecule has 0 aliphatic carbocycles. The zero-order valence-electron chi connectivity index (χ0n) is 17.9. The van der Waals surface area contributed by atoms with Crippen LogP contribution in [0.5, 0.6) is 5.75 Å². The van der Waals surface area contributed by atoms with E-state index < -0.39 is 10.0 Å². The summed E-state index contributed by atoms with van der Waals surface area (Å²) in [7, 11) is 0.508. The summed E-state index contributed by atoms with van der Waals surface area (Å²) in [5, 5.41) is 0. The molecule has 0 fully saturated rings. The van der Waals surface area contributed by atoms with Gasteiger partial charge in [0.15, 0.2) is 0 Å². The number of rotatable bonds is 8. The summed E-state index contributed by atoms with van der Waals surface area (Å²) in [6.45, 7) is 0.453. The summed E-state index contributed by atoms with van der Waals surface area (Å²) in [6.07, 6.45) is 0.667. The first-order valence-electron chi connectivity index (χ1n) is 9.86. The fourth-order valence-electron chi connectivity index (χ4n) is 3.21. The normalized spacial score (nSPS) is 11.4. The van der Waals surface area contributed by atoms with E-state index >= 15 is 0 Å². The summed E-state index contributed by atoms with van der Waals surface area (Å²) in [5.41, 5.74) is 2.14. The second-order valence-corrected chi connectivity index (χ2v) is 9.30. The monoisotopic (exact) mass is 438 g/mol. The molecule has 0 aliphatic heterocycles. The highest BCUT2D eigenvalue weighted by atomic mass is 32.2. The van der Waals surface area contributed by atoms with Crippen LogP contribution in [-0.2, 0) is 16.4 Å². The molecule has 0 unspecified atom stereocenters. The van der Waals surface area contributed by atoms with Crippen LogP contribution in [-0.4, -0.2) is 46.4 Å². The number of amides is 1. The summed E-state index contributed by atoms with van der Waals surface area (Å²) in [6, 6.07) is 23.8. The molecule has 3 rings (SSSR count).